The van der Waals surface area contributed by atoms with E-state index in [1.54, 1.807) is 24.5 Å². The maximum Gasteiger partial charge on any atom is 0.0849 e. The van der Waals surface area contributed by atoms with Crippen molar-refractivity contribution < 1.29 is 0 Å². The van der Waals surface area contributed by atoms with E-state index in [0.717, 1.165) is 11.1 Å². The number of benzene rings is 1. The van der Waals surface area contributed by atoms with Crippen molar-refractivity contribution in [3.63, 3.8) is 0 Å². The molecule has 0 bridgehead atoms. The van der Waals surface area contributed by atoms with Gasteiger partial charge in [0.15, 0.2) is 0 Å². The number of nitriles is 1. The van der Waals surface area contributed by atoms with Gasteiger partial charge in [-0.1, -0.05) is 35.3 Å². The lowest BCUT2D eigenvalue weighted by Gasteiger charge is -2.23. The minimum absolute atomic E-state index is 0.514. The number of halogens is 2. The first kappa shape index (κ1) is 13.9. The van der Waals surface area contributed by atoms with Crippen molar-refractivity contribution in [3.05, 3.63) is 63.9 Å². The molecule has 0 spiro atoms. The van der Waals surface area contributed by atoms with Gasteiger partial charge in [-0.2, -0.15) is 5.26 Å². The Hall–Kier alpha value is -1.56. The van der Waals surface area contributed by atoms with Gasteiger partial charge < -0.3 is 0 Å². The normalized spacial score (nSPS) is 13.6. The molecule has 19 heavy (non-hydrogen) atoms. The first-order chi connectivity index (χ1) is 9.05. The van der Waals surface area contributed by atoms with Crippen molar-refractivity contribution in [1.82, 2.24) is 4.98 Å². The van der Waals surface area contributed by atoms with E-state index in [-0.39, 0.29) is 0 Å². The second kappa shape index (κ2) is 5.61. The Labute approximate surface area is 122 Å². The van der Waals surface area contributed by atoms with Crippen molar-refractivity contribution in [1.29, 1.82) is 5.26 Å². The monoisotopic (exact) mass is 290 g/mol. The zero-order valence-corrected chi connectivity index (χ0v) is 11.9. The highest BCUT2D eigenvalue weighted by Crippen LogP contribution is 2.34. The number of hydrogen-bond acceptors (Lipinski definition) is 2. The smallest absolute Gasteiger partial charge is 0.0849 e. The number of hydrogen-bond donors (Lipinski definition) is 0. The second-order valence-corrected chi connectivity index (χ2v) is 5.45. The van der Waals surface area contributed by atoms with Crippen molar-refractivity contribution in [2.24, 2.45) is 0 Å². The summed E-state index contributed by atoms with van der Waals surface area (Å²) in [6.45, 7) is 1.87. The maximum atomic E-state index is 9.53. The zero-order valence-electron chi connectivity index (χ0n) is 10.4. The summed E-state index contributed by atoms with van der Waals surface area (Å²) in [5.74, 6) is 0. The van der Waals surface area contributed by atoms with E-state index < -0.39 is 5.41 Å². The van der Waals surface area contributed by atoms with Gasteiger partial charge in [0.25, 0.3) is 0 Å². The van der Waals surface area contributed by atoms with Crippen LogP contribution in [0.4, 0.5) is 0 Å². The van der Waals surface area contributed by atoms with Crippen LogP contribution >= 0.6 is 23.2 Å². The maximum absolute atomic E-state index is 9.53. The molecule has 0 saturated carbocycles. The molecule has 0 aliphatic heterocycles. The fraction of sp³-hybridized carbons (Fsp3) is 0.200. The first-order valence-corrected chi connectivity index (χ1v) is 6.56. The molecule has 0 aliphatic carbocycles. The number of aromatic nitrogens is 1. The standard InChI is InChI=1S/C15H12Cl2N2/c1-15(10-18,8-11-3-2-6-19-9-11)13-5-4-12(16)7-14(13)17/h2-7,9H,8H2,1H3. The zero-order chi connectivity index (χ0) is 13.9. The average Bonchev–Trinajstić information content (AvgIpc) is 2.39. The van der Waals surface area contributed by atoms with Gasteiger partial charge in [0, 0.05) is 22.4 Å². The molecule has 1 aromatic heterocycles. The quantitative estimate of drug-likeness (QED) is 0.839. The molecule has 0 saturated heterocycles. The summed E-state index contributed by atoms with van der Waals surface area (Å²) >= 11 is 12.1. The lowest BCUT2D eigenvalue weighted by molar-refractivity contribution is 0.605. The van der Waals surface area contributed by atoms with E-state index in [2.05, 4.69) is 11.1 Å². The molecule has 0 N–H and O–H groups in total. The topological polar surface area (TPSA) is 36.7 Å². The van der Waals surface area contributed by atoms with Crippen molar-refractivity contribution in [3.8, 4) is 6.07 Å². The molecule has 0 fully saturated rings. The molecule has 2 nitrogen and oxygen atoms in total. The van der Waals surface area contributed by atoms with Gasteiger partial charge in [-0.05, 0) is 42.7 Å². The van der Waals surface area contributed by atoms with Crippen molar-refractivity contribution >= 4 is 23.2 Å². The number of rotatable bonds is 3. The lowest BCUT2D eigenvalue weighted by Crippen LogP contribution is -2.23. The molecule has 96 valence electrons. The predicted molar refractivity (Wildman–Crippen MR) is 77.4 cm³/mol. The second-order valence-electron chi connectivity index (χ2n) is 4.61. The van der Waals surface area contributed by atoms with Gasteiger partial charge in [-0.25, -0.2) is 0 Å². The highest BCUT2D eigenvalue weighted by Gasteiger charge is 2.29. The van der Waals surface area contributed by atoms with E-state index >= 15 is 0 Å². The molecule has 2 rings (SSSR count). The molecule has 0 radical (unpaired) electrons. The molecule has 1 unspecified atom stereocenters. The summed E-state index contributed by atoms with van der Waals surface area (Å²) in [7, 11) is 0. The summed E-state index contributed by atoms with van der Waals surface area (Å²) in [5.41, 5.74) is 1.08. The van der Waals surface area contributed by atoms with Crippen LogP contribution in [-0.4, -0.2) is 4.98 Å². The van der Waals surface area contributed by atoms with Crippen LogP contribution in [-0.2, 0) is 11.8 Å². The molecular weight excluding hydrogens is 279 g/mol. The minimum Gasteiger partial charge on any atom is -0.264 e. The van der Waals surface area contributed by atoms with Crippen LogP contribution in [0.1, 0.15) is 18.1 Å². The number of pyridine rings is 1. The van der Waals surface area contributed by atoms with Gasteiger partial charge in [0.05, 0.1) is 11.5 Å². The van der Waals surface area contributed by atoms with E-state index in [1.165, 1.54) is 0 Å². The summed E-state index contributed by atoms with van der Waals surface area (Å²) in [4.78, 5) is 4.07. The number of nitrogens with zero attached hydrogens (tertiary/aromatic N) is 2. The van der Waals surface area contributed by atoms with Crippen LogP contribution < -0.4 is 0 Å². The van der Waals surface area contributed by atoms with E-state index in [9.17, 15) is 5.26 Å². The Kier molecular flexibility index (Phi) is 4.09. The SMILES string of the molecule is CC(C#N)(Cc1cccnc1)c1ccc(Cl)cc1Cl. The van der Waals surface area contributed by atoms with Crippen LogP contribution in [0.3, 0.4) is 0 Å². The Balaban J connectivity index is 2.40. The Morgan fingerprint density at radius 1 is 1.32 bits per heavy atom. The summed E-state index contributed by atoms with van der Waals surface area (Å²) < 4.78 is 0. The molecule has 1 heterocycles. The van der Waals surface area contributed by atoms with E-state index in [0.29, 0.717) is 16.5 Å². The van der Waals surface area contributed by atoms with Gasteiger partial charge >= 0.3 is 0 Å². The Bertz CT molecular complexity index is 620. The molecule has 0 amide bonds. The lowest BCUT2D eigenvalue weighted by atomic mass is 9.79. The summed E-state index contributed by atoms with van der Waals surface area (Å²) in [5, 5.41) is 10.6. The van der Waals surface area contributed by atoms with Gasteiger partial charge in [-0.15, -0.1) is 0 Å². The first-order valence-electron chi connectivity index (χ1n) is 5.81. The highest BCUT2D eigenvalue weighted by molar-refractivity contribution is 6.35. The van der Waals surface area contributed by atoms with Crippen LogP contribution in [0.25, 0.3) is 0 Å². The summed E-state index contributed by atoms with van der Waals surface area (Å²) in [6, 6.07) is 11.4. The van der Waals surface area contributed by atoms with Gasteiger partial charge in [0.1, 0.15) is 0 Å². The van der Waals surface area contributed by atoms with Crippen molar-refractivity contribution in [2.45, 2.75) is 18.8 Å². The Morgan fingerprint density at radius 3 is 2.68 bits per heavy atom. The fourth-order valence-corrected chi connectivity index (χ4v) is 2.66. The van der Waals surface area contributed by atoms with Gasteiger partial charge in [-0.3, -0.25) is 4.98 Å². The Morgan fingerprint density at radius 2 is 2.11 bits per heavy atom. The highest BCUT2D eigenvalue weighted by atomic mass is 35.5. The molecular formula is C15H12Cl2N2. The molecule has 0 aliphatic rings. The minimum atomic E-state index is -0.704. The van der Waals surface area contributed by atoms with Crippen LogP contribution in [0.2, 0.25) is 10.0 Å². The largest absolute Gasteiger partial charge is 0.264 e. The molecule has 2 aromatic rings. The summed E-state index contributed by atoms with van der Waals surface area (Å²) in [6.07, 6.45) is 4.03. The molecule has 1 atom stereocenters. The third-order valence-corrected chi connectivity index (χ3v) is 3.60. The third kappa shape index (κ3) is 3.07. The van der Waals surface area contributed by atoms with Crippen molar-refractivity contribution in [2.75, 3.05) is 0 Å². The van der Waals surface area contributed by atoms with Gasteiger partial charge in [0.2, 0.25) is 0 Å². The third-order valence-electron chi connectivity index (χ3n) is 3.05. The fourth-order valence-electron chi connectivity index (χ4n) is 2.04. The predicted octanol–water partition coefficient (Wildman–Crippen LogP) is 4.41. The van der Waals surface area contributed by atoms with Crippen LogP contribution in [0, 0.1) is 11.3 Å². The molecule has 4 heteroatoms. The molecule has 1 aromatic carbocycles. The van der Waals surface area contributed by atoms with Crippen LogP contribution in [0.15, 0.2) is 42.7 Å². The van der Waals surface area contributed by atoms with E-state index in [1.807, 2.05) is 25.1 Å². The average molecular weight is 291 g/mol. The van der Waals surface area contributed by atoms with Crippen LogP contribution in [0.5, 0.6) is 0 Å². The van der Waals surface area contributed by atoms with E-state index in [4.69, 9.17) is 23.2 Å².